The molecule has 0 radical (unpaired) electrons. The fourth-order valence-electron chi connectivity index (χ4n) is 3.74. The lowest BCUT2D eigenvalue weighted by Gasteiger charge is -2.24. The lowest BCUT2D eigenvalue weighted by molar-refractivity contribution is -0.116. The molecule has 2 heterocycles. The molecule has 162 valence electrons. The van der Waals surface area contributed by atoms with E-state index in [0.717, 1.165) is 16.9 Å². The number of nitrogens with one attached hydrogen (secondary N) is 1. The molecule has 1 amide bonds. The molecule has 1 aliphatic heterocycles. The zero-order chi connectivity index (χ0) is 22.8. The molecule has 32 heavy (non-hydrogen) atoms. The number of hydrogen-bond acceptors (Lipinski definition) is 5. The summed E-state index contributed by atoms with van der Waals surface area (Å²) in [6.07, 6.45) is 5.43. The van der Waals surface area contributed by atoms with Crippen LogP contribution in [-0.4, -0.2) is 30.7 Å². The maximum Gasteiger partial charge on any atom is 0.346 e. The van der Waals surface area contributed by atoms with Gasteiger partial charge in [0.2, 0.25) is 5.91 Å². The number of hydrogen-bond donors (Lipinski definition) is 2. The number of carbonyl (C=O) groups is 2. The zero-order valence-electron chi connectivity index (χ0n) is 17.0. The van der Waals surface area contributed by atoms with Gasteiger partial charge in [-0.2, -0.15) is 0 Å². The number of fused-ring (bicyclic) bond motifs is 1. The fraction of sp³-hybridized carbons (Fsp3) is 0.167. The predicted octanol–water partition coefficient (Wildman–Crippen LogP) is 4.75. The van der Waals surface area contributed by atoms with Crippen LogP contribution >= 0.6 is 11.3 Å². The van der Waals surface area contributed by atoms with Crippen molar-refractivity contribution in [3.8, 4) is 35.0 Å². The molecule has 0 saturated carbocycles. The summed E-state index contributed by atoms with van der Waals surface area (Å²) in [5.41, 5.74) is 2.07. The number of ether oxygens (including phenoxy) is 2. The molecule has 6 nitrogen and oxygen atoms in total. The number of carbonyl (C=O) groups excluding carboxylic acids is 1. The molecule has 0 bridgehead atoms. The van der Waals surface area contributed by atoms with Gasteiger partial charge in [0.25, 0.3) is 0 Å². The minimum atomic E-state index is -1.12. The van der Waals surface area contributed by atoms with Crippen molar-refractivity contribution in [3.05, 3.63) is 63.6 Å². The van der Waals surface area contributed by atoms with Crippen molar-refractivity contribution >= 4 is 28.9 Å². The second kappa shape index (κ2) is 8.73. The highest BCUT2D eigenvalue weighted by Gasteiger charge is 2.34. The number of amides is 1. The van der Waals surface area contributed by atoms with E-state index in [4.69, 9.17) is 15.9 Å². The number of carboxylic acid groups (broad SMARTS) is 1. The first kappa shape index (κ1) is 21.4. The van der Waals surface area contributed by atoms with Gasteiger partial charge >= 0.3 is 5.97 Å². The molecule has 3 aromatic rings. The summed E-state index contributed by atoms with van der Waals surface area (Å²) in [6.45, 7) is 0.0487. The zero-order valence-corrected chi connectivity index (χ0v) is 17.8. The van der Waals surface area contributed by atoms with Crippen LogP contribution in [0, 0.1) is 18.2 Å². The summed E-state index contributed by atoms with van der Waals surface area (Å²) in [4.78, 5) is 25.4. The van der Waals surface area contributed by atoms with Crippen molar-refractivity contribution < 1.29 is 28.6 Å². The minimum absolute atomic E-state index is 0.0487. The van der Waals surface area contributed by atoms with E-state index >= 15 is 0 Å². The standard InChI is InChI=1S/C24H18FNO5S/c1-3-10-31-18-11-14(6-9-17(18)30-2)16-12-19(27)26-21-20(13-4-7-15(25)8-5-13)23(24(28)29)32-22(16)21/h1,4-9,11,16H,10,12H2,2H3,(H,26,27)(H,28,29). The van der Waals surface area contributed by atoms with E-state index in [0.29, 0.717) is 33.2 Å². The largest absolute Gasteiger partial charge is 0.493 e. The molecule has 1 aromatic heterocycles. The molecule has 1 aliphatic rings. The van der Waals surface area contributed by atoms with Gasteiger partial charge in [-0.05, 0) is 35.4 Å². The SMILES string of the molecule is C#CCOc1cc(C2CC(=O)Nc3c2sc(C(=O)O)c3-c2ccc(F)cc2)ccc1OC. The van der Waals surface area contributed by atoms with Crippen LogP contribution in [-0.2, 0) is 4.79 Å². The first-order valence-corrected chi connectivity index (χ1v) is 10.4. The Kier molecular flexibility index (Phi) is 5.84. The van der Waals surface area contributed by atoms with Crippen LogP contribution in [0.3, 0.4) is 0 Å². The second-order valence-corrected chi connectivity index (χ2v) is 8.12. The molecule has 0 spiro atoms. The number of terminal acetylenes is 1. The summed E-state index contributed by atoms with van der Waals surface area (Å²) >= 11 is 1.10. The average Bonchev–Trinajstić information content (AvgIpc) is 3.17. The number of halogens is 1. The molecule has 1 unspecified atom stereocenters. The van der Waals surface area contributed by atoms with Crippen molar-refractivity contribution in [1.29, 1.82) is 0 Å². The molecule has 1 atom stereocenters. The average molecular weight is 451 g/mol. The van der Waals surface area contributed by atoms with E-state index < -0.39 is 17.7 Å². The Labute approximate surface area is 187 Å². The van der Waals surface area contributed by atoms with E-state index in [1.54, 1.807) is 12.1 Å². The number of benzene rings is 2. The third kappa shape index (κ3) is 3.90. The fourth-order valence-corrected chi connectivity index (χ4v) is 4.99. The number of aromatic carboxylic acids is 1. The van der Waals surface area contributed by atoms with Crippen LogP contribution in [0.1, 0.15) is 32.5 Å². The van der Waals surface area contributed by atoms with Crippen molar-refractivity contribution in [2.24, 2.45) is 0 Å². The first-order valence-electron chi connectivity index (χ1n) is 9.63. The van der Waals surface area contributed by atoms with Crippen LogP contribution in [0.5, 0.6) is 11.5 Å². The van der Waals surface area contributed by atoms with Gasteiger partial charge in [0.15, 0.2) is 11.5 Å². The van der Waals surface area contributed by atoms with Crippen LogP contribution in [0.2, 0.25) is 0 Å². The number of carboxylic acids is 1. The Morgan fingerprint density at radius 3 is 2.69 bits per heavy atom. The van der Waals surface area contributed by atoms with Gasteiger partial charge in [0.1, 0.15) is 17.3 Å². The quantitative estimate of drug-likeness (QED) is 0.529. The molecule has 0 saturated heterocycles. The third-order valence-electron chi connectivity index (χ3n) is 5.13. The van der Waals surface area contributed by atoms with E-state index in [1.165, 1.54) is 31.4 Å². The van der Waals surface area contributed by atoms with Crippen LogP contribution in [0.4, 0.5) is 10.1 Å². The van der Waals surface area contributed by atoms with Gasteiger partial charge in [-0.25, -0.2) is 9.18 Å². The van der Waals surface area contributed by atoms with Gasteiger partial charge in [0, 0.05) is 22.8 Å². The summed E-state index contributed by atoms with van der Waals surface area (Å²) in [5, 5.41) is 12.7. The first-order chi connectivity index (χ1) is 15.4. The highest BCUT2D eigenvalue weighted by molar-refractivity contribution is 7.15. The van der Waals surface area contributed by atoms with Crippen LogP contribution in [0.15, 0.2) is 42.5 Å². The smallest absolute Gasteiger partial charge is 0.346 e. The topological polar surface area (TPSA) is 84.9 Å². The Morgan fingerprint density at radius 2 is 2.03 bits per heavy atom. The molecule has 0 aliphatic carbocycles. The van der Waals surface area contributed by atoms with Crippen molar-refractivity contribution in [2.75, 3.05) is 19.0 Å². The molecule has 2 N–H and O–H groups in total. The Morgan fingerprint density at radius 1 is 1.28 bits per heavy atom. The van der Waals surface area contributed by atoms with E-state index in [-0.39, 0.29) is 23.8 Å². The molecular formula is C24H18FNO5S. The van der Waals surface area contributed by atoms with Crippen molar-refractivity contribution in [3.63, 3.8) is 0 Å². The summed E-state index contributed by atoms with van der Waals surface area (Å²) in [6, 6.07) is 10.8. The van der Waals surface area contributed by atoms with Crippen molar-refractivity contribution in [1.82, 2.24) is 0 Å². The summed E-state index contributed by atoms with van der Waals surface area (Å²) in [5.74, 6) is 1.13. The van der Waals surface area contributed by atoms with Crippen LogP contribution < -0.4 is 14.8 Å². The highest BCUT2D eigenvalue weighted by atomic mass is 32.1. The third-order valence-corrected chi connectivity index (χ3v) is 6.43. The lowest BCUT2D eigenvalue weighted by Crippen LogP contribution is -2.22. The molecular weight excluding hydrogens is 433 g/mol. The van der Waals surface area contributed by atoms with Gasteiger partial charge in [0.05, 0.1) is 12.8 Å². The minimum Gasteiger partial charge on any atom is -0.493 e. The van der Waals surface area contributed by atoms with Crippen LogP contribution in [0.25, 0.3) is 11.1 Å². The van der Waals surface area contributed by atoms with Gasteiger partial charge in [-0.15, -0.1) is 17.8 Å². The van der Waals surface area contributed by atoms with Gasteiger partial charge in [-0.3, -0.25) is 4.79 Å². The summed E-state index contributed by atoms with van der Waals surface area (Å²) < 4.78 is 24.3. The van der Waals surface area contributed by atoms with E-state index in [9.17, 15) is 19.1 Å². The van der Waals surface area contributed by atoms with E-state index in [2.05, 4.69) is 11.2 Å². The normalized spacial score (nSPS) is 14.8. The Bertz CT molecular complexity index is 1240. The Balaban J connectivity index is 1.86. The highest BCUT2D eigenvalue weighted by Crippen LogP contribution is 2.50. The molecule has 0 fully saturated rings. The van der Waals surface area contributed by atoms with E-state index in [1.807, 2.05) is 6.07 Å². The predicted molar refractivity (Wildman–Crippen MR) is 119 cm³/mol. The van der Waals surface area contributed by atoms with Gasteiger partial charge < -0.3 is 19.9 Å². The number of thiophene rings is 1. The maximum atomic E-state index is 13.4. The number of methoxy groups -OCH3 is 1. The number of rotatable bonds is 6. The number of anilines is 1. The Hall–Kier alpha value is -3.83. The molecule has 4 rings (SSSR count). The lowest BCUT2D eigenvalue weighted by atomic mass is 9.88. The second-order valence-electron chi connectivity index (χ2n) is 7.07. The monoisotopic (exact) mass is 451 g/mol. The molecule has 2 aromatic carbocycles. The van der Waals surface area contributed by atoms with Gasteiger partial charge in [-0.1, -0.05) is 24.1 Å². The van der Waals surface area contributed by atoms with Crippen molar-refractivity contribution in [2.45, 2.75) is 12.3 Å². The maximum absolute atomic E-state index is 13.4. The summed E-state index contributed by atoms with van der Waals surface area (Å²) in [7, 11) is 1.51. The molecule has 8 heteroatoms.